The van der Waals surface area contributed by atoms with E-state index >= 15 is 0 Å². The molecule has 2 atom stereocenters. The summed E-state index contributed by atoms with van der Waals surface area (Å²) in [5, 5.41) is 21.3. The Morgan fingerprint density at radius 1 is 1.09 bits per heavy atom. The second-order valence-corrected chi connectivity index (χ2v) is 7.07. The molecule has 0 heterocycles. The Morgan fingerprint density at radius 2 is 1.78 bits per heavy atom. The van der Waals surface area contributed by atoms with Crippen molar-refractivity contribution in [1.82, 2.24) is 21.3 Å². The third-order valence-corrected chi connectivity index (χ3v) is 4.58. The maximum Gasteiger partial charge on any atom is 0.274 e. The van der Waals surface area contributed by atoms with Crippen molar-refractivity contribution in [2.45, 2.75) is 44.7 Å². The number of rotatable bonds is 13. The zero-order valence-corrected chi connectivity index (χ0v) is 18.2. The number of carbonyl (C=O) groups excluding carboxylic acids is 4. The van der Waals surface area contributed by atoms with Gasteiger partial charge in [0.15, 0.2) is 0 Å². The van der Waals surface area contributed by atoms with Gasteiger partial charge in [0, 0.05) is 20.0 Å². The van der Waals surface area contributed by atoms with Gasteiger partial charge < -0.3 is 27.0 Å². The third-order valence-electron chi connectivity index (χ3n) is 4.58. The highest BCUT2D eigenvalue weighted by atomic mass is 16.6. The standard InChI is InChI=1S/C20H30N6O6/c1-13(27)24-15(8-5-6-10-21)20(30)23-12-19(29)25-16(11-18(28)22-2)14-7-3-4-9-17(14)26(31)32/h3-4,7,9,15-16H,5-6,8,10-12,21H2,1-2H3,(H,22,28)(H,23,30)(H,24,27)(H,25,29)/t15-,16?/m0/s1. The van der Waals surface area contributed by atoms with Crippen LogP contribution in [0.4, 0.5) is 5.69 Å². The minimum Gasteiger partial charge on any atom is -0.359 e. The summed E-state index contributed by atoms with van der Waals surface area (Å²) in [7, 11) is 1.41. The molecule has 32 heavy (non-hydrogen) atoms. The number of nitrogens with one attached hydrogen (secondary N) is 4. The number of carbonyl (C=O) groups is 4. The molecule has 1 aromatic carbocycles. The molecule has 0 saturated carbocycles. The van der Waals surface area contributed by atoms with Gasteiger partial charge in [-0.05, 0) is 25.8 Å². The molecule has 1 aromatic rings. The topological polar surface area (TPSA) is 186 Å². The summed E-state index contributed by atoms with van der Waals surface area (Å²) in [4.78, 5) is 58.9. The van der Waals surface area contributed by atoms with Crippen LogP contribution in [-0.2, 0) is 19.2 Å². The first-order valence-electron chi connectivity index (χ1n) is 10.2. The van der Waals surface area contributed by atoms with Gasteiger partial charge >= 0.3 is 0 Å². The van der Waals surface area contributed by atoms with Crippen LogP contribution in [0.1, 0.15) is 44.2 Å². The van der Waals surface area contributed by atoms with Gasteiger partial charge in [-0.1, -0.05) is 18.2 Å². The molecule has 12 nitrogen and oxygen atoms in total. The van der Waals surface area contributed by atoms with Crippen LogP contribution in [0.25, 0.3) is 0 Å². The van der Waals surface area contributed by atoms with Crippen LogP contribution in [0, 0.1) is 10.1 Å². The predicted octanol–water partition coefficient (Wildman–Crippen LogP) is -0.362. The lowest BCUT2D eigenvalue weighted by molar-refractivity contribution is -0.385. The van der Waals surface area contributed by atoms with Crippen LogP contribution in [0.3, 0.4) is 0 Å². The Balaban J connectivity index is 2.86. The van der Waals surface area contributed by atoms with Gasteiger partial charge in [0.25, 0.3) is 5.69 Å². The van der Waals surface area contributed by atoms with Crippen molar-refractivity contribution in [1.29, 1.82) is 0 Å². The summed E-state index contributed by atoms with van der Waals surface area (Å²) in [5.74, 6) is -2.00. The molecule has 0 bridgehead atoms. The van der Waals surface area contributed by atoms with Gasteiger partial charge in [-0.25, -0.2) is 0 Å². The average molecular weight is 450 g/mol. The number of nitrogens with zero attached hydrogens (tertiary/aromatic N) is 1. The van der Waals surface area contributed by atoms with Crippen LogP contribution < -0.4 is 27.0 Å². The third kappa shape index (κ3) is 9.08. The maximum absolute atomic E-state index is 12.5. The van der Waals surface area contributed by atoms with Crippen molar-refractivity contribution >= 4 is 29.3 Å². The van der Waals surface area contributed by atoms with E-state index in [0.29, 0.717) is 25.8 Å². The second kappa shape index (κ2) is 13.7. The number of nitro groups is 1. The normalized spacial score (nSPS) is 12.2. The van der Waals surface area contributed by atoms with Crippen LogP contribution in [0.2, 0.25) is 0 Å². The Labute approximate surface area is 185 Å². The molecule has 4 amide bonds. The summed E-state index contributed by atoms with van der Waals surface area (Å²) in [6, 6.07) is 3.98. The molecule has 176 valence electrons. The van der Waals surface area contributed by atoms with Gasteiger partial charge in [0.1, 0.15) is 6.04 Å². The number of nitro benzene ring substituents is 1. The highest BCUT2D eigenvalue weighted by Gasteiger charge is 2.26. The van der Waals surface area contributed by atoms with E-state index in [4.69, 9.17) is 5.73 Å². The number of para-hydroxylation sites is 1. The summed E-state index contributed by atoms with van der Waals surface area (Å²) in [6.45, 7) is 1.30. The number of benzene rings is 1. The fourth-order valence-electron chi connectivity index (χ4n) is 3.02. The smallest absolute Gasteiger partial charge is 0.274 e. The Morgan fingerprint density at radius 3 is 2.38 bits per heavy atom. The highest BCUT2D eigenvalue weighted by Crippen LogP contribution is 2.27. The molecule has 0 aliphatic rings. The summed E-state index contributed by atoms with van der Waals surface area (Å²) in [5.41, 5.74) is 5.37. The molecule has 0 fully saturated rings. The molecule has 6 N–H and O–H groups in total. The second-order valence-electron chi connectivity index (χ2n) is 7.07. The zero-order chi connectivity index (χ0) is 24.1. The van der Waals surface area contributed by atoms with E-state index in [2.05, 4.69) is 21.3 Å². The van der Waals surface area contributed by atoms with Crippen molar-refractivity contribution in [3.63, 3.8) is 0 Å². The molecule has 0 radical (unpaired) electrons. The van der Waals surface area contributed by atoms with Crippen molar-refractivity contribution < 1.29 is 24.1 Å². The first kappa shape index (κ1) is 26.5. The van der Waals surface area contributed by atoms with E-state index in [-0.39, 0.29) is 23.6 Å². The number of amides is 4. The van der Waals surface area contributed by atoms with E-state index in [1.54, 1.807) is 6.07 Å². The lowest BCUT2D eigenvalue weighted by atomic mass is 10.0. The number of hydrogen-bond donors (Lipinski definition) is 5. The van der Waals surface area contributed by atoms with Gasteiger partial charge in [0.05, 0.1) is 29.5 Å². The average Bonchev–Trinajstić information content (AvgIpc) is 2.76. The minimum absolute atomic E-state index is 0.165. The molecule has 1 unspecified atom stereocenters. The van der Waals surface area contributed by atoms with Crippen molar-refractivity contribution in [3.05, 3.63) is 39.9 Å². The SMILES string of the molecule is CNC(=O)CC(NC(=O)CNC(=O)[C@H](CCCCN)NC(C)=O)c1ccccc1[N+](=O)[O-]. The quantitative estimate of drug-likeness (QED) is 0.154. The molecule has 12 heteroatoms. The minimum atomic E-state index is -0.975. The van der Waals surface area contributed by atoms with Gasteiger partial charge in [-0.15, -0.1) is 0 Å². The molecule has 1 rings (SSSR count). The van der Waals surface area contributed by atoms with E-state index in [1.807, 2.05) is 0 Å². The molecular weight excluding hydrogens is 420 g/mol. The lowest BCUT2D eigenvalue weighted by Gasteiger charge is -2.20. The highest BCUT2D eigenvalue weighted by molar-refractivity contribution is 5.90. The predicted molar refractivity (Wildman–Crippen MR) is 116 cm³/mol. The van der Waals surface area contributed by atoms with Crippen molar-refractivity contribution in [2.75, 3.05) is 20.1 Å². The monoisotopic (exact) mass is 450 g/mol. The lowest BCUT2D eigenvalue weighted by Crippen LogP contribution is -2.49. The van der Waals surface area contributed by atoms with Gasteiger partial charge in [-0.3, -0.25) is 29.3 Å². The first-order chi connectivity index (χ1) is 15.2. The Hall–Kier alpha value is -3.54. The van der Waals surface area contributed by atoms with Crippen LogP contribution in [0.5, 0.6) is 0 Å². The molecule has 0 spiro atoms. The first-order valence-corrected chi connectivity index (χ1v) is 10.2. The number of nitrogens with two attached hydrogens (primary N) is 1. The largest absolute Gasteiger partial charge is 0.359 e. The fourth-order valence-corrected chi connectivity index (χ4v) is 3.02. The summed E-state index contributed by atoms with van der Waals surface area (Å²) < 4.78 is 0. The van der Waals surface area contributed by atoms with Gasteiger partial charge in [0.2, 0.25) is 23.6 Å². The molecule has 0 saturated heterocycles. The number of hydrogen-bond acceptors (Lipinski definition) is 7. The van der Waals surface area contributed by atoms with E-state index in [0.717, 1.165) is 0 Å². The van der Waals surface area contributed by atoms with Crippen LogP contribution >= 0.6 is 0 Å². The van der Waals surface area contributed by atoms with Crippen LogP contribution in [-0.4, -0.2) is 54.7 Å². The molecular formula is C20H30N6O6. The van der Waals surface area contributed by atoms with E-state index in [9.17, 15) is 29.3 Å². The van der Waals surface area contributed by atoms with E-state index < -0.39 is 41.3 Å². The molecule has 0 aliphatic heterocycles. The van der Waals surface area contributed by atoms with Crippen molar-refractivity contribution in [3.8, 4) is 0 Å². The van der Waals surface area contributed by atoms with Crippen LogP contribution in [0.15, 0.2) is 24.3 Å². The fraction of sp³-hybridized carbons (Fsp3) is 0.500. The Kier molecular flexibility index (Phi) is 11.3. The van der Waals surface area contributed by atoms with Crippen molar-refractivity contribution in [2.24, 2.45) is 5.73 Å². The molecule has 0 aromatic heterocycles. The summed E-state index contributed by atoms with van der Waals surface area (Å²) >= 11 is 0. The summed E-state index contributed by atoms with van der Waals surface area (Å²) in [6.07, 6.45) is 1.43. The Bertz CT molecular complexity index is 831. The van der Waals surface area contributed by atoms with E-state index in [1.165, 1.54) is 32.2 Å². The zero-order valence-electron chi connectivity index (χ0n) is 18.2. The molecule has 0 aliphatic carbocycles. The maximum atomic E-state index is 12.5. The van der Waals surface area contributed by atoms with Gasteiger partial charge in [-0.2, -0.15) is 0 Å². The number of unbranched alkanes of at least 4 members (excludes halogenated alkanes) is 1.